The summed E-state index contributed by atoms with van der Waals surface area (Å²) in [6, 6.07) is 4.82. The summed E-state index contributed by atoms with van der Waals surface area (Å²) < 4.78 is 13.0. The third-order valence-electron chi connectivity index (χ3n) is 2.03. The van der Waals surface area contributed by atoms with Crippen LogP contribution in [0.25, 0.3) is 11.4 Å². The molecular formula is C10H10FN3. The van der Waals surface area contributed by atoms with Gasteiger partial charge in [0.1, 0.15) is 17.5 Å². The highest BCUT2D eigenvalue weighted by molar-refractivity contribution is 5.58. The SMILES string of the molecule is Cc1cc(-c2ncc(N)[nH]2)ccc1F. The molecule has 0 atom stereocenters. The number of aryl methyl sites for hydroxylation is 1. The number of nitrogen functional groups attached to an aromatic ring is 1. The first-order valence-corrected chi connectivity index (χ1v) is 4.24. The number of aromatic amines is 1. The van der Waals surface area contributed by atoms with Gasteiger partial charge in [-0.3, -0.25) is 0 Å². The number of hydrogen-bond donors (Lipinski definition) is 2. The van der Waals surface area contributed by atoms with Gasteiger partial charge >= 0.3 is 0 Å². The number of imidazole rings is 1. The Kier molecular flexibility index (Phi) is 1.96. The van der Waals surface area contributed by atoms with Crippen molar-refractivity contribution < 1.29 is 4.39 Å². The van der Waals surface area contributed by atoms with Gasteiger partial charge in [0.15, 0.2) is 0 Å². The van der Waals surface area contributed by atoms with Crippen LogP contribution in [0.2, 0.25) is 0 Å². The summed E-state index contributed by atoms with van der Waals surface area (Å²) >= 11 is 0. The second kappa shape index (κ2) is 3.14. The van der Waals surface area contributed by atoms with Crippen LogP contribution in [0.5, 0.6) is 0 Å². The van der Waals surface area contributed by atoms with Crippen molar-refractivity contribution in [3.05, 3.63) is 35.8 Å². The normalized spacial score (nSPS) is 10.4. The number of hydrogen-bond acceptors (Lipinski definition) is 2. The first-order chi connectivity index (χ1) is 6.66. The van der Waals surface area contributed by atoms with E-state index in [4.69, 9.17) is 5.73 Å². The van der Waals surface area contributed by atoms with Crippen molar-refractivity contribution in [2.75, 3.05) is 5.73 Å². The van der Waals surface area contributed by atoms with E-state index in [1.54, 1.807) is 19.1 Å². The first-order valence-electron chi connectivity index (χ1n) is 4.24. The van der Waals surface area contributed by atoms with Crippen molar-refractivity contribution in [1.82, 2.24) is 9.97 Å². The maximum Gasteiger partial charge on any atom is 0.138 e. The molecule has 0 amide bonds. The average Bonchev–Trinajstić information content (AvgIpc) is 2.57. The Morgan fingerprint density at radius 3 is 2.79 bits per heavy atom. The van der Waals surface area contributed by atoms with Crippen LogP contribution in [-0.2, 0) is 0 Å². The van der Waals surface area contributed by atoms with Gasteiger partial charge in [-0.05, 0) is 30.7 Å². The minimum Gasteiger partial charge on any atom is -0.384 e. The Morgan fingerprint density at radius 2 is 2.21 bits per heavy atom. The lowest BCUT2D eigenvalue weighted by atomic mass is 10.1. The molecule has 1 aromatic heterocycles. The molecular weight excluding hydrogens is 181 g/mol. The third kappa shape index (κ3) is 1.46. The summed E-state index contributed by atoms with van der Waals surface area (Å²) in [4.78, 5) is 6.94. The molecule has 0 saturated carbocycles. The van der Waals surface area contributed by atoms with E-state index in [1.165, 1.54) is 12.3 Å². The highest BCUT2D eigenvalue weighted by Gasteiger charge is 2.04. The molecule has 0 unspecified atom stereocenters. The van der Waals surface area contributed by atoms with E-state index in [2.05, 4.69) is 9.97 Å². The van der Waals surface area contributed by atoms with Gasteiger partial charge in [-0.2, -0.15) is 0 Å². The maximum absolute atomic E-state index is 13.0. The van der Waals surface area contributed by atoms with Gasteiger partial charge in [-0.1, -0.05) is 0 Å². The molecule has 1 aromatic carbocycles. The van der Waals surface area contributed by atoms with E-state index in [-0.39, 0.29) is 5.82 Å². The minimum atomic E-state index is -0.215. The van der Waals surface area contributed by atoms with Gasteiger partial charge in [0.05, 0.1) is 6.20 Å². The van der Waals surface area contributed by atoms with Crippen molar-refractivity contribution in [1.29, 1.82) is 0 Å². The van der Waals surface area contributed by atoms with Crippen LogP contribution >= 0.6 is 0 Å². The van der Waals surface area contributed by atoms with Crippen molar-refractivity contribution in [3.63, 3.8) is 0 Å². The predicted octanol–water partition coefficient (Wildman–Crippen LogP) is 2.11. The Labute approximate surface area is 80.8 Å². The van der Waals surface area contributed by atoms with Crippen LogP contribution in [0.1, 0.15) is 5.56 Å². The fourth-order valence-corrected chi connectivity index (χ4v) is 1.27. The van der Waals surface area contributed by atoms with Gasteiger partial charge in [0.25, 0.3) is 0 Å². The molecule has 0 aliphatic rings. The first kappa shape index (κ1) is 8.74. The lowest BCUT2D eigenvalue weighted by Gasteiger charge is -1.99. The van der Waals surface area contributed by atoms with Crippen LogP contribution in [-0.4, -0.2) is 9.97 Å². The minimum absolute atomic E-state index is 0.215. The van der Waals surface area contributed by atoms with E-state index in [0.29, 0.717) is 17.2 Å². The van der Waals surface area contributed by atoms with Gasteiger partial charge in [-0.25, -0.2) is 9.37 Å². The molecule has 0 aliphatic carbocycles. The molecule has 3 N–H and O–H groups in total. The highest BCUT2D eigenvalue weighted by Crippen LogP contribution is 2.19. The zero-order valence-corrected chi connectivity index (χ0v) is 7.71. The molecule has 14 heavy (non-hydrogen) atoms. The molecule has 0 aliphatic heterocycles. The number of benzene rings is 1. The standard InChI is InChI=1S/C10H10FN3/c1-6-4-7(2-3-8(6)11)10-13-5-9(12)14-10/h2-5H,12H2,1H3,(H,13,14). The average molecular weight is 191 g/mol. The van der Waals surface area contributed by atoms with E-state index >= 15 is 0 Å². The molecule has 3 nitrogen and oxygen atoms in total. The monoisotopic (exact) mass is 191 g/mol. The quantitative estimate of drug-likeness (QED) is 0.725. The molecule has 2 rings (SSSR count). The zero-order chi connectivity index (χ0) is 10.1. The fourth-order valence-electron chi connectivity index (χ4n) is 1.27. The Morgan fingerprint density at radius 1 is 1.43 bits per heavy atom. The van der Waals surface area contributed by atoms with Crippen LogP contribution in [0.15, 0.2) is 24.4 Å². The second-order valence-electron chi connectivity index (χ2n) is 3.15. The molecule has 0 spiro atoms. The number of anilines is 1. The van der Waals surface area contributed by atoms with Crippen molar-refractivity contribution in [2.45, 2.75) is 6.92 Å². The summed E-state index contributed by atoms with van der Waals surface area (Å²) in [7, 11) is 0. The number of nitrogens with two attached hydrogens (primary N) is 1. The smallest absolute Gasteiger partial charge is 0.138 e. The van der Waals surface area contributed by atoms with Gasteiger partial charge < -0.3 is 10.7 Å². The van der Waals surface area contributed by atoms with Gasteiger partial charge in [-0.15, -0.1) is 0 Å². The number of H-pyrrole nitrogens is 1. The Balaban J connectivity index is 2.47. The molecule has 0 radical (unpaired) electrons. The Hall–Kier alpha value is -1.84. The van der Waals surface area contributed by atoms with E-state index in [9.17, 15) is 4.39 Å². The molecule has 2 aromatic rings. The number of rotatable bonds is 1. The predicted molar refractivity (Wildman–Crippen MR) is 53.1 cm³/mol. The van der Waals surface area contributed by atoms with Crippen LogP contribution < -0.4 is 5.73 Å². The zero-order valence-electron chi connectivity index (χ0n) is 7.71. The van der Waals surface area contributed by atoms with Crippen LogP contribution in [0.4, 0.5) is 10.2 Å². The van der Waals surface area contributed by atoms with Gasteiger partial charge in [0, 0.05) is 5.56 Å². The maximum atomic E-state index is 13.0. The summed E-state index contributed by atoms with van der Waals surface area (Å²) in [5.74, 6) is 0.945. The van der Waals surface area contributed by atoms with E-state index < -0.39 is 0 Å². The van der Waals surface area contributed by atoms with Crippen molar-refractivity contribution in [3.8, 4) is 11.4 Å². The molecule has 0 fully saturated rings. The topological polar surface area (TPSA) is 54.7 Å². The third-order valence-corrected chi connectivity index (χ3v) is 2.03. The number of halogens is 1. The second-order valence-corrected chi connectivity index (χ2v) is 3.15. The van der Waals surface area contributed by atoms with Crippen molar-refractivity contribution >= 4 is 5.82 Å². The Bertz CT molecular complexity index is 462. The van der Waals surface area contributed by atoms with E-state index in [0.717, 1.165) is 5.56 Å². The number of aromatic nitrogens is 2. The number of nitrogens with one attached hydrogen (secondary N) is 1. The van der Waals surface area contributed by atoms with Crippen LogP contribution in [0, 0.1) is 12.7 Å². The van der Waals surface area contributed by atoms with Crippen molar-refractivity contribution in [2.24, 2.45) is 0 Å². The number of nitrogens with zero attached hydrogens (tertiary/aromatic N) is 1. The molecule has 0 bridgehead atoms. The van der Waals surface area contributed by atoms with Gasteiger partial charge in [0.2, 0.25) is 0 Å². The summed E-state index contributed by atoms with van der Waals surface area (Å²) in [6.45, 7) is 1.71. The lowest BCUT2D eigenvalue weighted by Crippen LogP contribution is -1.87. The molecule has 72 valence electrons. The van der Waals surface area contributed by atoms with Crippen LogP contribution in [0.3, 0.4) is 0 Å². The molecule has 1 heterocycles. The molecule has 4 heteroatoms. The van der Waals surface area contributed by atoms with E-state index in [1.807, 2.05) is 0 Å². The lowest BCUT2D eigenvalue weighted by molar-refractivity contribution is 0.618. The summed E-state index contributed by atoms with van der Waals surface area (Å²) in [6.07, 6.45) is 1.54. The highest BCUT2D eigenvalue weighted by atomic mass is 19.1. The summed E-state index contributed by atoms with van der Waals surface area (Å²) in [5.41, 5.74) is 6.92. The fraction of sp³-hybridized carbons (Fsp3) is 0.100. The molecule has 0 saturated heterocycles. The largest absolute Gasteiger partial charge is 0.384 e. The summed E-state index contributed by atoms with van der Waals surface area (Å²) in [5, 5.41) is 0.